The van der Waals surface area contributed by atoms with Gasteiger partial charge >= 0.3 is 0 Å². The van der Waals surface area contributed by atoms with Gasteiger partial charge in [-0.1, -0.05) is 17.7 Å². The zero-order valence-electron chi connectivity index (χ0n) is 10.5. The Morgan fingerprint density at radius 3 is 2.71 bits per heavy atom. The minimum Gasteiger partial charge on any atom is -0.370 e. The van der Waals surface area contributed by atoms with Gasteiger partial charge in [0, 0.05) is 18.3 Å². The number of aliphatic imine (C=N–C) groups is 1. The molecule has 0 fully saturated rings. The largest absolute Gasteiger partial charge is 0.370 e. The molecule has 0 aliphatic carbocycles. The second kappa shape index (κ2) is 5.87. The third kappa shape index (κ3) is 6.12. The number of pyridine rings is 1. The number of nitrogens with zero attached hydrogens (tertiary/aromatic N) is 2. The first-order valence-electron chi connectivity index (χ1n) is 5.55. The molecule has 1 aromatic rings. The Hall–Kier alpha value is -1.29. The molecule has 0 saturated carbocycles. The molecule has 1 rings (SSSR count). The molecule has 1 aromatic heterocycles. The monoisotopic (exact) mass is 254 g/mol. The third-order valence-electron chi connectivity index (χ3n) is 1.97. The highest BCUT2D eigenvalue weighted by Crippen LogP contribution is 2.05. The molecule has 5 heteroatoms. The lowest BCUT2D eigenvalue weighted by atomic mass is 10.1. The topological polar surface area (TPSA) is 63.3 Å². The summed E-state index contributed by atoms with van der Waals surface area (Å²) >= 11 is 5.70. The van der Waals surface area contributed by atoms with Crippen molar-refractivity contribution in [1.29, 1.82) is 0 Å². The average Bonchev–Trinajstić information content (AvgIpc) is 2.18. The van der Waals surface area contributed by atoms with Crippen LogP contribution in [0.15, 0.2) is 23.3 Å². The highest BCUT2D eigenvalue weighted by Gasteiger charge is 2.09. The summed E-state index contributed by atoms with van der Waals surface area (Å²) in [5.74, 6) is 0.472. The number of halogens is 1. The molecule has 1 heterocycles. The van der Waals surface area contributed by atoms with E-state index >= 15 is 0 Å². The lowest BCUT2D eigenvalue weighted by Crippen LogP contribution is -2.45. The van der Waals surface area contributed by atoms with Crippen molar-refractivity contribution in [2.24, 2.45) is 10.7 Å². The Bertz CT molecular complexity index is 378. The molecule has 0 bridgehead atoms. The number of hydrogen-bond acceptors (Lipinski definition) is 2. The Balaban J connectivity index is 2.41. The predicted octanol–water partition coefficient (Wildman–Crippen LogP) is 1.98. The molecule has 0 spiro atoms. The van der Waals surface area contributed by atoms with E-state index < -0.39 is 0 Å². The van der Waals surface area contributed by atoms with Crippen molar-refractivity contribution >= 4 is 17.6 Å². The molecule has 4 nitrogen and oxygen atoms in total. The van der Waals surface area contributed by atoms with Crippen molar-refractivity contribution in [1.82, 2.24) is 10.3 Å². The van der Waals surface area contributed by atoms with Crippen LogP contribution in [-0.4, -0.2) is 23.0 Å². The van der Waals surface area contributed by atoms with Crippen molar-refractivity contribution < 1.29 is 0 Å². The zero-order valence-corrected chi connectivity index (χ0v) is 11.3. The van der Waals surface area contributed by atoms with Crippen molar-refractivity contribution in [2.45, 2.75) is 32.7 Å². The highest BCUT2D eigenvalue weighted by molar-refractivity contribution is 6.29. The second-order valence-corrected chi connectivity index (χ2v) is 5.27. The minimum atomic E-state index is -0.0601. The van der Waals surface area contributed by atoms with Crippen LogP contribution in [0.2, 0.25) is 5.15 Å². The molecule has 3 N–H and O–H groups in total. The van der Waals surface area contributed by atoms with Crippen molar-refractivity contribution in [3.8, 4) is 0 Å². The molecule has 0 unspecified atom stereocenters. The molecule has 0 aliphatic heterocycles. The average molecular weight is 255 g/mol. The zero-order chi connectivity index (χ0) is 12.9. The number of rotatable bonds is 3. The van der Waals surface area contributed by atoms with Crippen LogP contribution in [0.4, 0.5) is 0 Å². The van der Waals surface area contributed by atoms with Gasteiger partial charge in [-0.25, -0.2) is 4.98 Å². The number of nitrogens with one attached hydrogen (secondary N) is 1. The van der Waals surface area contributed by atoms with E-state index in [1.807, 2.05) is 26.8 Å². The third-order valence-corrected chi connectivity index (χ3v) is 2.20. The molecule has 0 radical (unpaired) electrons. The van der Waals surface area contributed by atoms with Gasteiger partial charge in [0.15, 0.2) is 5.96 Å². The van der Waals surface area contributed by atoms with Crippen molar-refractivity contribution in [3.05, 3.63) is 29.0 Å². The summed E-state index contributed by atoms with van der Waals surface area (Å²) in [7, 11) is 0. The van der Waals surface area contributed by atoms with E-state index in [4.69, 9.17) is 17.3 Å². The van der Waals surface area contributed by atoms with E-state index in [0.29, 0.717) is 17.7 Å². The van der Waals surface area contributed by atoms with Gasteiger partial charge in [0.1, 0.15) is 5.15 Å². The molecule has 0 amide bonds. The summed E-state index contributed by atoms with van der Waals surface area (Å²) in [6.07, 6.45) is 2.56. The molecule has 0 saturated heterocycles. The van der Waals surface area contributed by atoms with Gasteiger partial charge in [-0.15, -0.1) is 0 Å². The Morgan fingerprint density at radius 1 is 1.47 bits per heavy atom. The van der Waals surface area contributed by atoms with E-state index in [1.165, 1.54) is 0 Å². The lowest BCUT2D eigenvalue weighted by molar-refractivity contribution is 0.508. The smallest absolute Gasteiger partial charge is 0.188 e. The standard InChI is InChI=1S/C12H19ClN4/c1-12(2,3)17-11(14)15-7-6-9-4-5-10(13)16-8-9/h4-5,8H,6-7H2,1-3H3,(H3,14,15,17). The summed E-state index contributed by atoms with van der Waals surface area (Å²) in [6, 6.07) is 3.72. The fourth-order valence-corrected chi connectivity index (χ4v) is 1.40. The van der Waals surface area contributed by atoms with Gasteiger partial charge in [0.05, 0.1) is 0 Å². The van der Waals surface area contributed by atoms with E-state index in [1.54, 1.807) is 12.3 Å². The summed E-state index contributed by atoms with van der Waals surface area (Å²) in [6.45, 7) is 6.76. The maximum atomic E-state index is 5.75. The van der Waals surface area contributed by atoms with Crippen LogP contribution in [0.5, 0.6) is 0 Å². The van der Waals surface area contributed by atoms with Gasteiger partial charge in [0.25, 0.3) is 0 Å². The van der Waals surface area contributed by atoms with E-state index in [0.717, 1.165) is 12.0 Å². The van der Waals surface area contributed by atoms with Gasteiger partial charge in [-0.3, -0.25) is 4.99 Å². The Labute approximate surface area is 107 Å². The van der Waals surface area contributed by atoms with Crippen LogP contribution >= 0.6 is 11.6 Å². The minimum absolute atomic E-state index is 0.0601. The van der Waals surface area contributed by atoms with E-state index in [9.17, 15) is 0 Å². The van der Waals surface area contributed by atoms with Crippen LogP contribution in [-0.2, 0) is 6.42 Å². The fraction of sp³-hybridized carbons (Fsp3) is 0.500. The van der Waals surface area contributed by atoms with Crippen LogP contribution in [0, 0.1) is 0 Å². The molecule has 0 aromatic carbocycles. The van der Waals surface area contributed by atoms with Gasteiger partial charge in [-0.2, -0.15) is 0 Å². The molecule has 94 valence electrons. The SMILES string of the molecule is CC(C)(C)NC(N)=NCCc1ccc(Cl)nc1. The maximum absolute atomic E-state index is 5.75. The quantitative estimate of drug-likeness (QED) is 0.493. The lowest BCUT2D eigenvalue weighted by Gasteiger charge is -2.20. The van der Waals surface area contributed by atoms with Crippen molar-refractivity contribution in [2.75, 3.05) is 6.54 Å². The molecule has 0 aliphatic rings. The summed E-state index contributed by atoms with van der Waals surface area (Å²) in [4.78, 5) is 8.26. The first-order valence-corrected chi connectivity index (χ1v) is 5.93. The first kappa shape index (κ1) is 13.8. The first-order chi connectivity index (χ1) is 7.87. The van der Waals surface area contributed by atoms with Crippen LogP contribution in [0.3, 0.4) is 0 Å². The summed E-state index contributed by atoms with van der Waals surface area (Å²) in [5.41, 5.74) is 6.79. The Kier molecular flexibility index (Phi) is 4.75. The van der Waals surface area contributed by atoms with E-state index in [-0.39, 0.29) is 5.54 Å². The van der Waals surface area contributed by atoms with Crippen molar-refractivity contribution in [3.63, 3.8) is 0 Å². The highest BCUT2D eigenvalue weighted by atomic mass is 35.5. The van der Waals surface area contributed by atoms with Crippen LogP contribution in [0.1, 0.15) is 26.3 Å². The fourth-order valence-electron chi connectivity index (χ4n) is 1.28. The normalized spacial score (nSPS) is 12.6. The number of hydrogen-bond donors (Lipinski definition) is 2. The molecular formula is C12H19ClN4. The number of guanidine groups is 1. The molecular weight excluding hydrogens is 236 g/mol. The Morgan fingerprint density at radius 2 is 2.18 bits per heavy atom. The van der Waals surface area contributed by atoms with Crippen LogP contribution in [0.25, 0.3) is 0 Å². The van der Waals surface area contributed by atoms with E-state index in [2.05, 4.69) is 15.3 Å². The second-order valence-electron chi connectivity index (χ2n) is 4.88. The number of nitrogens with two attached hydrogens (primary N) is 1. The summed E-state index contributed by atoms with van der Waals surface area (Å²) < 4.78 is 0. The van der Waals surface area contributed by atoms with Crippen LogP contribution < -0.4 is 11.1 Å². The molecule has 0 atom stereocenters. The maximum Gasteiger partial charge on any atom is 0.188 e. The van der Waals surface area contributed by atoms with Gasteiger partial charge in [-0.05, 0) is 38.8 Å². The molecule has 17 heavy (non-hydrogen) atoms. The van der Waals surface area contributed by atoms with Gasteiger partial charge in [0.2, 0.25) is 0 Å². The summed E-state index contributed by atoms with van der Waals surface area (Å²) in [5, 5.41) is 3.61. The van der Waals surface area contributed by atoms with Gasteiger partial charge < -0.3 is 11.1 Å². The predicted molar refractivity (Wildman–Crippen MR) is 72.3 cm³/mol. The number of aromatic nitrogens is 1.